The third-order valence-corrected chi connectivity index (χ3v) is 2.40. The standard InChI is InChI=1S/C10H15N3O3/c1-14-8-4-9(13-10(11)12-8)16-6-7-2-3-15-5-7/h4,7H,2-3,5-6H2,1H3,(H2,11,12,13). The fraction of sp³-hybridized carbons (Fsp3) is 0.600. The molecule has 0 amide bonds. The Morgan fingerprint density at radius 3 is 3.00 bits per heavy atom. The number of anilines is 1. The highest BCUT2D eigenvalue weighted by Gasteiger charge is 2.16. The van der Waals surface area contributed by atoms with Crippen LogP contribution < -0.4 is 15.2 Å². The van der Waals surface area contributed by atoms with Gasteiger partial charge in [-0.05, 0) is 6.42 Å². The molecule has 1 atom stereocenters. The Hall–Kier alpha value is -1.56. The van der Waals surface area contributed by atoms with Crippen molar-refractivity contribution >= 4 is 5.95 Å². The Labute approximate surface area is 93.7 Å². The molecular formula is C10H15N3O3. The van der Waals surface area contributed by atoms with Crippen molar-refractivity contribution in [3.05, 3.63) is 6.07 Å². The lowest BCUT2D eigenvalue weighted by Crippen LogP contribution is -2.13. The summed E-state index contributed by atoms with van der Waals surface area (Å²) >= 11 is 0. The van der Waals surface area contributed by atoms with Crippen molar-refractivity contribution in [2.75, 3.05) is 32.7 Å². The Balaban J connectivity index is 1.94. The van der Waals surface area contributed by atoms with Gasteiger partial charge >= 0.3 is 0 Å². The van der Waals surface area contributed by atoms with E-state index in [9.17, 15) is 0 Å². The van der Waals surface area contributed by atoms with Gasteiger partial charge in [-0.25, -0.2) is 0 Å². The summed E-state index contributed by atoms with van der Waals surface area (Å²) in [5, 5.41) is 0. The first-order valence-corrected chi connectivity index (χ1v) is 5.17. The summed E-state index contributed by atoms with van der Waals surface area (Å²) in [6, 6.07) is 1.62. The van der Waals surface area contributed by atoms with Gasteiger partial charge in [-0.3, -0.25) is 0 Å². The SMILES string of the molecule is COc1cc(OCC2CCOC2)nc(N)n1. The van der Waals surface area contributed by atoms with Gasteiger partial charge in [-0.15, -0.1) is 0 Å². The Morgan fingerprint density at radius 2 is 2.31 bits per heavy atom. The molecule has 0 saturated carbocycles. The molecule has 6 nitrogen and oxygen atoms in total. The van der Waals surface area contributed by atoms with Gasteiger partial charge in [0.05, 0.1) is 26.4 Å². The van der Waals surface area contributed by atoms with Crippen LogP contribution in [0.25, 0.3) is 0 Å². The van der Waals surface area contributed by atoms with Crippen LogP contribution in [0.2, 0.25) is 0 Å². The van der Waals surface area contributed by atoms with E-state index < -0.39 is 0 Å². The average molecular weight is 225 g/mol. The monoisotopic (exact) mass is 225 g/mol. The zero-order valence-electron chi connectivity index (χ0n) is 9.18. The quantitative estimate of drug-likeness (QED) is 0.803. The van der Waals surface area contributed by atoms with E-state index in [1.54, 1.807) is 6.07 Å². The largest absolute Gasteiger partial charge is 0.481 e. The van der Waals surface area contributed by atoms with Gasteiger partial charge in [0, 0.05) is 12.5 Å². The summed E-state index contributed by atoms with van der Waals surface area (Å²) in [7, 11) is 1.52. The second kappa shape index (κ2) is 4.98. The molecular weight excluding hydrogens is 210 g/mol. The molecule has 0 bridgehead atoms. The third kappa shape index (κ3) is 2.73. The fourth-order valence-corrected chi connectivity index (χ4v) is 1.52. The minimum absolute atomic E-state index is 0.150. The highest BCUT2D eigenvalue weighted by molar-refractivity contribution is 5.29. The van der Waals surface area contributed by atoms with Gasteiger partial charge < -0.3 is 19.9 Å². The third-order valence-electron chi connectivity index (χ3n) is 2.40. The lowest BCUT2D eigenvalue weighted by molar-refractivity contribution is 0.165. The van der Waals surface area contributed by atoms with Crippen molar-refractivity contribution in [1.29, 1.82) is 0 Å². The van der Waals surface area contributed by atoms with Crippen molar-refractivity contribution in [2.45, 2.75) is 6.42 Å². The number of nitrogens with two attached hydrogens (primary N) is 1. The summed E-state index contributed by atoms with van der Waals surface area (Å²) in [4.78, 5) is 7.84. The van der Waals surface area contributed by atoms with E-state index in [2.05, 4.69) is 9.97 Å². The van der Waals surface area contributed by atoms with Gasteiger partial charge in [0.1, 0.15) is 0 Å². The van der Waals surface area contributed by atoms with E-state index in [-0.39, 0.29) is 5.95 Å². The summed E-state index contributed by atoms with van der Waals surface area (Å²) in [5.41, 5.74) is 5.51. The van der Waals surface area contributed by atoms with Crippen molar-refractivity contribution in [1.82, 2.24) is 9.97 Å². The van der Waals surface area contributed by atoms with Crippen LogP contribution in [0.3, 0.4) is 0 Å². The molecule has 16 heavy (non-hydrogen) atoms. The smallest absolute Gasteiger partial charge is 0.226 e. The van der Waals surface area contributed by atoms with Gasteiger partial charge in [-0.1, -0.05) is 0 Å². The molecule has 1 aromatic heterocycles. The number of aromatic nitrogens is 2. The highest BCUT2D eigenvalue weighted by Crippen LogP contribution is 2.18. The minimum atomic E-state index is 0.150. The van der Waals surface area contributed by atoms with Crippen LogP contribution in [-0.2, 0) is 4.74 Å². The Kier molecular flexibility index (Phi) is 3.40. The van der Waals surface area contributed by atoms with E-state index in [4.69, 9.17) is 19.9 Å². The van der Waals surface area contributed by atoms with Crippen molar-refractivity contribution in [2.24, 2.45) is 5.92 Å². The Bertz CT molecular complexity index is 353. The van der Waals surface area contributed by atoms with E-state index >= 15 is 0 Å². The number of ether oxygens (including phenoxy) is 3. The molecule has 2 heterocycles. The molecule has 1 fully saturated rings. The highest BCUT2D eigenvalue weighted by atomic mass is 16.5. The number of hydrogen-bond donors (Lipinski definition) is 1. The first-order chi connectivity index (χ1) is 7.78. The predicted molar refractivity (Wildman–Crippen MR) is 57.4 cm³/mol. The topological polar surface area (TPSA) is 79.5 Å². The molecule has 88 valence electrons. The first-order valence-electron chi connectivity index (χ1n) is 5.17. The summed E-state index contributed by atoms with van der Waals surface area (Å²) in [6.07, 6.45) is 1.03. The summed E-state index contributed by atoms with van der Waals surface area (Å²) < 4.78 is 15.7. The maximum atomic E-state index is 5.52. The zero-order chi connectivity index (χ0) is 11.4. The average Bonchev–Trinajstić information content (AvgIpc) is 2.78. The molecule has 0 aliphatic carbocycles. The minimum Gasteiger partial charge on any atom is -0.481 e. The molecule has 6 heteroatoms. The number of nitrogens with zero attached hydrogens (tertiary/aromatic N) is 2. The lowest BCUT2D eigenvalue weighted by atomic mass is 10.1. The van der Waals surface area contributed by atoms with Crippen LogP contribution >= 0.6 is 0 Å². The number of rotatable bonds is 4. The molecule has 2 rings (SSSR count). The van der Waals surface area contributed by atoms with Crippen LogP contribution in [0.4, 0.5) is 5.95 Å². The van der Waals surface area contributed by atoms with E-state index in [1.807, 2.05) is 0 Å². The zero-order valence-corrected chi connectivity index (χ0v) is 9.18. The van der Waals surface area contributed by atoms with Crippen LogP contribution in [0.15, 0.2) is 6.07 Å². The lowest BCUT2D eigenvalue weighted by Gasteiger charge is -2.10. The van der Waals surface area contributed by atoms with E-state index in [0.717, 1.165) is 19.6 Å². The molecule has 1 aliphatic heterocycles. The van der Waals surface area contributed by atoms with E-state index in [1.165, 1.54) is 7.11 Å². The number of nitrogen functional groups attached to an aromatic ring is 1. The van der Waals surface area contributed by atoms with Crippen molar-refractivity contribution < 1.29 is 14.2 Å². The summed E-state index contributed by atoms with van der Waals surface area (Å²) in [5.74, 6) is 1.43. The van der Waals surface area contributed by atoms with Crippen molar-refractivity contribution in [3.8, 4) is 11.8 Å². The van der Waals surface area contributed by atoms with Gasteiger partial charge in [0.25, 0.3) is 0 Å². The van der Waals surface area contributed by atoms with Gasteiger partial charge in [-0.2, -0.15) is 9.97 Å². The predicted octanol–water partition coefficient (Wildman–Crippen LogP) is 0.483. The molecule has 0 spiro atoms. The fourth-order valence-electron chi connectivity index (χ4n) is 1.52. The second-order valence-corrected chi connectivity index (χ2v) is 3.65. The maximum absolute atomic E-state index is 5.52. The number of methoxy groups -OCH3 is 1. The normalized spacial score (nSPS) is 19.7. The molecule has 1 unspecified atom stereocenters. The van der Waals surface area contributed by atoms with Crippen molar-refractivity contribution in [3.63, 3.8) is 0 Å². The first kappa shape index (κ1) is 10.9. The molecule has 1 aliphatic rings. The second-order valence-electron chi connectivity index (χ2n) is 3.65. The molecule has 1 saturated heterocycles. The van der Waals surface area contributed by atoms with Crippen LogP contribution in [0.5, 0.6) is 11.8 Å². The number of hydrogen-bond acceptors (Lipinski definition) is 6. The van der Waals surface area contributed by atoms with Crippen LogP contribution in [-0.4, -0.2) is 36.9 Å². The van der Waals surface area contributed by atoms with Gasteiger partial charge in [0.15, 0.2) is 0 Å². The van der Waals surface area contributed by atoms with E-state index in [0.29, 0.717) is 24.3 Å². The maximum Gasteiger partial charge on any atom is 0.226 e. The molecule has 1 aromatic rings. The summed E-state index contributed by atoms with van der Waals surface area (Å²) in [6.45, 7) is 2.14. The molecule has 0 radical (unpaired) electrons. The Morgan fingerprint density at radius 1 is 1.50 bits per heavy atom. The molecule has 2 N–H and O–H groups in total. The van der Waals surface area contributed by atoms with Gasteiger partial charge in [0.2, 0.25) is 17.7 Å². The van der Waals surface area contributed by atoms with Crippen LogP contribution in [0, 0.1) is 5.92 Å². The molecule has 0 aromatic carbocycles. The van der Waals surface area contributed by atoms with Crippen LogP contribution in [0.1, 0.15) is 6.42 Å².